The Morgan fingerprint density at radius 2 is 1.88 bits per heavy atom. The molecule has 0 spiro atoms. The number of amides is 1. The van der Waals surface area contributed by atoms with Crippen molar-refractivity contribution in [2.75, 3.05) is 11.4 Å². The fourth-order valence-corrected chi connectivity index (χ4v) is 4.49. The molecule has 1 atom stereocenters. The van der Waals surface area contributed by atoms with Crippen molar-refractivity contribution in [1.29, 1.82) is 5.26 Å². The van der Waals surface area contributed by atoms with Crippen LogP contribution in [0.2, 0.25) is 0 Å². The van der Waals surface area contributed by atoms with Crippen molar-refractivity contribution >= 4 is 59.4 Å². The van der Waals surface area contributed by atoms with Crippen LogP contribution in [0.5, 0.6) is 0 Å². The molecule has 1 unspecified atom stereocenters. The van der Waals surface area contributed by atoms with Gasteiger partial charge in [0.2, 0.25) is 5.91 Å². The zero-order chi connectivity index (χ0) is 12.6. The van der Waals surface area contributed by atoms with Gasteiger partial charge in [-0.1, -0.05) is 15.9 Å². The Kier molecular flexibility index (Phi) is 3.91. The predicted octanol–water partition coefficient (Wildman–Crippen LogP) is 3.85. The fraction of sp³-hybridized carbons (Fsp3) is 0.273. The first kappa shape index (κ1) is 13.1. The van der Waals surface area contributed by atoms with E-state index in [2.05, 4.69) is 53.9 Å². The Morgan fingerprint density at radius 1 is 1.29 bits per heavy atom. The number of halogens is 3. The minimum atomic E-state index is -0.218. The first-order valence-corrected chi connectivity index (χ1v) is 7.25. The van der Waals surface area contributed by atoms with E-state index in [9.17, 15) is 4.79 Å². The average molecular weight is 423 g/mol. The Morgan fingerprint density at radius 3 is 2.35 bits per heavy atom. The molecule has 1 aliphatic rings. The zero-order valence-corrected chi connectivity index (χ0v) is 13.3. The summed E-state index contributed by atoms with van der Waals surface area (Å²) < 4.78 is 2.57. The second-order valence-electron chi connectivity index (χ2n) is 3.75. The minimum Gasteiger partial charge on any atom is -0.309 e. The maximum atomic E-state index is 11.9. The van der Waals surface area contributed by atoms with E-state index in [0.29, 0.717) is 13.0 Å². The van der Waals surface area contributed by atoms with Gasteiger partial charge in [-0.15, -0.1) is 0 Å². The van der Waals surface area contributed by atoms with Crippen molar-refractivity contribution in [2.24, 2.45) is 5.92 Å². The number of rotatable bonds is 1. The third kappa shape index (κ3) is 2.56. The Labute approximate surface area is 124 Å². The van der Waals surface area contributed by atoms with Crippen LogP contribution in [-0.2, 0) is 4.79 Å². The molecule has 1 aromatic carbocycles. The van der Waals surface area contributed by atoms with E-state index in [1.807, 2.05) is 12.1 Å². The lowest BCUT2D eigenvalue weighted by Gasteiger charge is -2.19. The molecule has 3 nitrogen and oxygen atoms in total. The highest BCUT2D eigenvalue weighted by Crippen LogP contribution is 2.39. The number of hydrogen-bond acceptors (Lipinski definition) is 2. The molecule has 0 aliphatic carbocycles. The summed E-state index contributed by atoms with van der Waals surface area (Å²) in [6, 6.07) is 5.91. The molecule has 1 saturated heterocycles. The minimum absolute atomic E-state index is 0.0136. The average Bonchev–Trinajstić information content (AvgIpc) is 2.59. The molecule has 1 heterocycles. The Hall–Kier alpha value is -0.380. The molecule has 1 fully saturated rings. The number of nitrogens with zero attached hydrogens (tertiary/aromatic N) is 2. The van der Waals surface area contributed by atoms with E-state index in [0.717, 1.165) is 19.1 Å². The molecular formula is C11H7Br3N2O. The van der Waals surface area contributed by atoms with Crippen LogP contribution in [0.3, 0.4) is 0 Å². The molecular weight excluding hydrogens is 416 g/mol. The van der Waals surface area contributed by atoms with Crippen molar-refractivity contribution in [2.45, 2.75) is 6.42 Å². The van der Waals surface area contributed by atoms with Gasteiger partial charge in [-0.3, -0.25) is 4.79 Å². The van der Waals surface area contributed by atoms with Crippen LogP contribution in [0.4, 0.5) is 5.69 Å². The lowest BCUT2D eigenvalue weighted by atomic mass is 10.1. The first-order chi connectivity index (χ1) is 8.02. The Balaban J connectivity index is 2.42. The molecule has 2 rings (SSSR count). The fourth-order valence-electron chi connectivity index (χ4n) is 1.80. The smallest absolute Gasteiger partial charge is 0.228 e. The topological polar surface area (TPSA) is 44.1 Å². The van der Waals surface area contributed by atoms with Crippen molar-refractivity contribution in [3.05, 3.63) is 25.6 Å². The molecule has 0 saturated carbocycles. The van der Waals surface area contributed by atoms with Gasteiger partial charge < -0.3 is 4.90 Å². The lowest BCUT2D eigenvalue weighted by molar-refractivity contribution is -0.117. The molecule has 0 bridgehead atoms. The van der Waals surface area contributed by atoms with E-state index in [4.69, 9.17) is 5.26 Å². The second-order valence-corrected chi connectivity index (χ2v) is 6.38. The maximum Gasteiger partial charge on any atom is 0.228 e. The summed E-state index contributed by atoms with van der Waals surface area (Å²) in [5.41, 5.74) is 0.788. The highest BCUT2D eigenvalue weighted by atomic mass is 79.9. The summed E-state index contributed by atoms with van der Waals surface area (Å²) in [7, 11) is 0. The Bertz CT molecular complexity index is 501. The molecule has 88 valence electrons. The first-order valence-electron chi connectivity index (χ1n) is 4.87. The van der Waals surface area contributed by atoms with Crippen molar-refractivity contribution in [3.8, 4) is 6.07 Å². The van der Waals surface area contributed by atoms with Crippen LogP contribution >= 0.6 is 47.8 Å². The molecule has 6 heteroatoms. The van der Waals surface area contributed by atoms with E-state index >= 15 is 0 Å². The van der Waals surface area contributed by atoms with Gasteiger partial charge in [0.15, 0.2) is 0 Å². The van der Waals surface area contributed by atoms with Gasteiger partial charge in [0.1, 0.15) is 0 Å². The van der Waals surface area contributed by atoms with Crippen LogP contribution in [0.1, 0.15) is 6.42 Å². The highest BCUT2D eigenvalue weighted by molar-refractivity contribution is 9.11. The van der Waals surface area contributed by atoms with Gasteiger partial charge in [0.25, 0.3) is 0 Å². The monoisotopic (exact) mass is 420 g/mol. The quantitative estimate of drug-likeness (QED) is 0.690. The van der Waals surface area contributed by atoms with Crippen LogP contribution < -0.4 is 4.90 Å². The number of nitriles is 1. The zero-order valence-electron chi connectivity index (χ0n) is 8.58. The normalized spacial score (nSPS) is 19.5. The summed E-state index contributed by atoms with van der Waals surface area (Å²) in [6.45, 7) is 0.453. The molecule has 1 amide bonds. The molecule has 0 radical (unpaired) electrons. The summed E-state index contributed by atoms with van der Waals surface area (Å²) in [6.07, 6.45) is 0.297. The summed E-state index contributed by atoms with van der Waals surface area (Å²) in [4.78, 5) is 13.5. The van der Waals surface area contributed by atoms with Gasteiger partial charge in [-0.25, -0.2) is 0 Å². The van der Waals surface area contributed by atoms with Gasteiger partial charge in [-0.05, 0) is 44.0 Å². The molecule has 0 aromatic heterocycles. The highest BCUT2D eigenvalue weighted by Gasteiger charge is 2.32. The molecule has 0 N–H and O–H groups in total. The largest absolute Gasteiger partial charge is 0.309 e. The van der Waals surface area contributed by atoms with Crippen molar-refractivity contribution in [1.82, 2.24) is 0 Å². The summed E-state index contributed by atoms with van der Waals surface area (Å²) in [5, 5.41) is 8.87. The van der Waals surface area contributed by atoms with Crippen LogP contribution in [0, 0.1) is 17.2 Å². The van der Waals surface area contributed by atoms with Crippen LogP contribution in [0.15, 0.2) is 25.6 Å². The standard InChI is InChI=1S/C11H7Br3N2O/c12-7-2-8(13)11(9(14)3-7)16-5-6(4-15)1-10(16)17/h2-3,6H,1,5H2. The van der Waals surface area contributed by atoms with Crippen LogP contribution in [-0.4, -0.2) is 12.5 Å². The predicted molar refractivity (Wildman–Crippen MR) is 75.6 cm³/mol. The van der Waals surface area contributed by atoms with Gasteiger partial charge in [0, 0.05) is 26.4 Å². The second kappa shape index (κ2) is 5.09. The SMILES string of the molecule is N#CC1CC(=O)N(c2c(Br)cc(Br)cc2Br)C1. The molecule has 17 heavy (non-hydrogen) atoms. The third-order valence-electron chi connectivity index (χ3n) is 2.56. The van der Waals surface area contributed by atoms with Gasteiger partial charge in [0.05, 0.1) is 17.7 Å². The van der Waals surface area contributed by atoms with Crippen molar-refractivity contribution in [3.63, 3.8) is 0 Å². The van der Waals surface area contributed by atoms with E-state index in [1.165, 1.54) is 0 Å². The third-order valence-corrected chi connectivity index (χ3v) is 4.23. The lowest BCUT2D eigenvalue weighted by Crippen LogP contribution is -2.25. The van der Waals surface area contributed by atoms with E-state index in [-0.39, 0.29) is 11.8 Å². The van der Waals surface area contributed by atoms with Gasteiger partial charge in [-0.2, -0.15) is 5.26 Å². The number of benzene rings is 1. The number of carbonyl (C=O) groups is 1. The molecule has 1 aliphatic heterocycles. The number of anilines is 1. The van der Waals surface area contributed by atoms with E-state index in [1.54, 1.807) is 4.90 Å². The maximum absolute atomic E-state index is 11.9. The van der Waals surface area contributed by atoms with Gasteiger partial charge >= 0.3 is 0 Å². The van der Waals surface area contributed by atoms with Crippen LogP contribution in [0.25, 0.3) is 0 Å². The van der Waals surface area contributed by atoms with E-state index < -0.39 is 0 Å². The molecule has 1 aromatic rings. The number of hydrogen-bond donors (Lipinski definition) is 0. The summed E-state index contributed by atoms with van der Waals surface area (Å²) in [5.74, 6) is -0.231. The number of carbonyl (C=O) groups excluding carboxylic acids is 1. The van der Waals surface area contributed by atoms with Crippen molar-refractivity contribution < 1.29 is 4.79 Å². The summed E-state index contributed by atoms with van der Waals surface area (Å²) >= 11 is 10.3.